The van der Waals surface area contributed by atoms with Gasteiger partial charge >= 0.3 is 11.9 Å². The van der Waals surface area contributed by atoms with E-state index >= 15 is 0 Å². The molecule has 1 saturated carbocycles. The predicted octanol–water partition coefficient (Wildman–Crippen LogP) is 0.391. The molecule has 0 saturated heterocycles. The highest BCUT2D eigenvalue weighted by atomic mass is 16.6. The van der Waals surface area contributed by atoms with Crippen LogP contribution in [0.25, 0.3) is 0 Å². The zero-order chi connectivity index (χ0) is 19.5. The maximum atomic E-state index is 12.3. The van der Waals surface area contributed by atoms with E-state index in [4.69, 9.17) is 13.9 Å². The highest BCUT2D eigenvalue weighted by Gasteiger charge is 2.71. The third-order valence-electron chi connectivity index (χ3n) is 4.43. The molecular weight excluding hydrogens is 350 g/mol. The lowest BCUT2D eigenvalue weighted by molar-refractivity contribution is -0.566. The lowest BCUT2D eigenvalue weighted by Gasteiger charge is -2.43. The number of aliphatic hydroxyl groups is 2. The normalized spacial score (nSPS) is 31.2. The molecule has 144 valence electrons. The summed E-state index contributed by atoms with van der Waals surface area (Å²) in [5.74, 6) is -3.16. The lowest BCUT2D eigenvalue weighted by Crippen LogP contribution is -2.70. The monoisotopic (exact) mass is 371 g/mol. The number of carbonyl (C=O) groups excluding carboxylic acids is 2. The molecular formula is C16H21NO9. The van der Waals surface area contributed by atoms with Crippen LogP contribution in [0.4, 0.5) is 0 Å². The van der Waals surface area contributed by atoms with Crippen molar-refractivity contribution >= 4 is 11.9 Å². The van der Waals surface area contributed by atoms with E-state index < -0.39 is 52.9 Å². The third-order valence-corrected chi connectivity index (χ3v) is 4.43. The molecule has 0 aromatic carbocycles. The minimum Gasteiger partial charge on any atom is -0.469 e. The number of hydrogen-bond donors (Lipinski definition) is 2. The van der Waals surface area contributed by atoms with E-state index in [1.807, 2.05) is 0 Å². The van der Waals surface area contributed by atoms with E-state index in [-0.39, 0.29) is 19.0 Å². The fourth-order valence-electron chi connectivity index (χ4n) is 3.42. The SMILES string of the molecule is CCOC(=O)[C@]1(O)C[C@H](c2ccco2)C[C@](O)(C(=O)OCC)[C@H]1[N+](=O)[O-]. The predicted molar refractivity (Wildman–Crippen MR) is 84.6 cm³/mol. The van der Waals surface area contributed by atoms with E-state index in [1.54, 1.807) is 6.07 Å². The Kier molecular flexibility index (Phi) is 5.67. The van der Waals surface area contributed by atoms with E-state index in [2.05, 4.69) is 0 Å². The Morgan fingerprint density at radius 2 is 1.73 bits per heavy atom. The van der Waals surface area contributed by atoms with E-state index in [1.165, 1.54) is 26.2 Å². The first-order valence-corrected chi connectivity index (χ1v) is 8.16. The van der Waals surface area contributed by atoms with Crippen molar-refractivity contribution in [1.82, 2.24) is 0 Å². The largest absolute Gasteiger partial charge is 0.469 e. The molecule has 10 heteroatoms. The van der Waals surface area contributed by atoms with Crippen molar-refractivity contribution in [1.29, 1.82) is 0 Å². The molecule has 0 amide bonds. The van der Waals surface area contributed by atoms with Gasteiger partial charge in [-0.3, -0.25) is 10.1 Å². The number of ether oxygens (including phenoxy) is 2. The minimum atomic E-state index is -2.74. The Bertz CT molecular complexity index is 639. The molecule has 0 aliphatic heterocycles. The molecule has 0 spiro atoms. The van der Waals surface area contributed by atoms with Gasteiger partial charge in [-0.15, -0.1) is 0 Å². The molecule has 1 heterocycles. The molecule has 1 aromatic heterocycles. The Balaban J connectivity index is 2.58. The summed E-state index contributed by atoms with van der Waals surface area (Å²) in [6.07, 6.45) is 0.432. The van der Waals surface area contributed by atoms with E-state index in [9.17, 15) is 29.9 Å². The van der Waals surface area contributed by atoms with Crippen LogP contribution in [0.5, 0.6) is 0 Å². The van der Waals surface area contributed by atoms with Gasteiger partial charge in [0.1, 0.15) is 5.76 Å². The second-order valence-electron chi connectivity index (χ2n) is 6.10. The molecule has 1 aromatic rings. The topological polar surface area (TPSA) is 149 Å². The molecule has 0 unspecified atom stereocenters. The quantitative estimate of drug-likeness (QED) is 0.411. The highest BCUT2D eigenvalue weighted by molar-refractivity contribution is 5.86. The van der Waals surface area contributed by atoms with Gasteiger partial charge in [-0.25, -0.2) is 9.59 Å². The smallest absolute Gasteiger partial charge is 0.345 e. The summed E-state index contributed by atoms with van der Waals surface area (Å²) in [4.78, 5) is 35.3. The third kappa shape index (κ3) is 3.29. The van der Waals surface area contributed by atoms with Crippen molar-refractivity contribution in [3.05, 3.63) is 34.3 Å². The van der Waals surface area contributed by atoms with Crippen LogP contribution in [0.15, 0.2) is 22.8 Å². The molecule has 1 aliphatic carbocycles. The van der Waals surface area contributed by atoms with Crippen molar-refractivity contribution in [3.63, 3.8) is 0 Å². The fraction of sp³-hybridized carbons (Fsp3) is 0.625. The van der Waals surface area contributed by atoms with Crippen LogP contribution in [0.1, 0.15) is 38.4 Å². The molecule has 2 rings (SSSR count). The number of nitrogens with zero attached hydrogens (tertiary/aromatic N) is 1. The highest BCUT2D eigenvalue weighted by Crippen LogP contribution is 2.46. The van der Waals surface area contributed by atoms with Gasteiger partial charge < -0.3 is 24.1 Å². The van der Waals surface area contributed by atoms with Gasteiger partial charge in [0.25, 0.3) is 6.04 Å². The van der Waals surface area contributed by atoms with Crippen LogP contribution in [0.2, 0.25) is 0 Å². The molecule has 1 aliphatic rings. The molecule has 0 bridgehead atoms. The molecule has 26 heavy (non-hydrogen) atoms. The summed E-state index contributed by atoms with van der Waals surface area (Å²) < 4.78 is 14.8. The van der Waals surface area contributed by atoms with Gasteiger partial charge in [-0.2, -0.15) is 0 Å². The fourth-order valence-corrected chi connectivity index (χ4v) is 3.42. The van der Waals surface area contributed by atoms with Crippen molar-refractivity contribution in [2.24, 2.45) is 0 Å². The van der Waals surface area contributed by atoms with Crippen LogP contribution in [0.3, 0.4) is 0 Å². The van der Waals surface area contributed by atoms with Gasteiger partial charge in [0.05, 0.1) is 19.5 Å². The summed E-state index contributed by atoms with van der Waals surface area (Å²) in [6, 6.07) is 0.718. The van der Waals surface area contributed by atoms with Crippen molar-refractivity contribution in [2.45, 2.75) is 49.9 Å². The Morgan fingerprint density at radius 3 is 2.08 bits per heavy atom. The van der Waals surface area contributed by atoms with Gasteiger partial charge in [-0.05, 0) is 26.0 Å². The number of carbonyl (C=O) groups is 2. The van der Waals surface area contributed by atoms with Gasteiger partial charge in [0.2, 0.25) is 11.2 Å². The summed E-state index contributed by atoms with van der Waals surface area (Å²) in [7, 11) is 0. The zero-order valence-electron chi connectivity index (χ0n) is 14.4. The Morgan fingerprint density at radius 1 is 1.23 bits per heavy atom. The molecule has 10 nitrogen and oxygen atoms in total. The lowest BCUT2D eigenvalue weighted by atomic mass is 9.65. The zero-order valence-corrected chi connectivity index (χ0v) is 14.4. The number of esters is 2. The molecule has 1 fully saturated rings. The first kappa shape index (κ1) is 19.9. The van der Waals surface area contributed by atoms with E-state index in [0.29, 0.717) is 0 Å². The number of hydrogen-bond acceptors (Lipinski definition) is 9. The van der Waals surface area contributed by atoms with E-state index in [0.717, 1.165) is 0 Å². The van der Waals surface area contributed by atoms with Crippen LogP contribution in [0, 0.1) is 10.1 Å². The maximum Gasteiger partial charge on any atom is 0.345 e. The second-order valence-corrected chi connectivity index (χ2v) is 6.10. The minimum absolute atomic E-state index is 0.144. The summed E-state index contributed by atoms with van der Waals surface area (Å²) in [5.41, 5.74) is -5.48. The molecule has 0 radical (unpaired) electrons. The first-order valence-electron chi connectivity index (χ1n) is 8.16. The number of rotatable bonds is 6. The average molecular weight is 371 g/mol. The van der Waals surface area contributed by atoms with Crippen LogP contribution >= 0.6 is 0 Å². The molecule has 2 N–H and O–H groups in total. The van der Waals surface area contributed by atoms with Crippen LogP contribution in [-0.4, -0.2) is 57.5 Å². The Hall–Kier alpha value is -2.46. The number of nitro groups is 1. The Labute approximate surface area is 148 Å². The average Bonchev–Trinajstić information content (AvgIpc) is 3.08. The van der Waals surface area contributed by atoms with Gasteiger partial charge in [-0.1, -0.05) is 0 Å². The number of furan rings is 1. The standard InChI is InChI=1S/C16H21NO9/c1-3-24-13(18)15(20)8-10(11-6-5-7-26-11)9-16(21,12(15)17(22)23)14(19)25-4-2/h5-7,10,12,20-21H,3-4,8-9H2,1-2H3/t10-,12-,15-,16+. The summed E-state index contributed by atoms with van der Waals surface area (Å²) in [5, 5.41) is 33.4. The van der Waals surface area contributed by atoms with Crippen LogP contribution in [-0.2, 0) is 19.1 Å². The van der Waals surface area contributed by atoms with Gasteiger partial charge in [0, 0.05) is 23.7 Å². The maximum absolute atomic E-state index is 12.3. The van der Waals surface area contributed by atoms with Crippen molar-refractivity contribution in [2.75, 3.05) is 13.2 Å². The first-order chi connectivity index (χ1) is 12.2. The van der Waals surface area contributed by atoms with Gasteiger partial charge in [0.15, 0.2) is 0 Å². The summed E-state index contributed by atoms with van der Waals surface area (Å²) >= 11 is 0. The van der Waals surface area contributed by atoms with Crippen molar-refractivity contribution in [3.8, 4) is 0 Å². The molecule has 4 atom stereocenters. The summed E-state index contributed by atoms with van der Waals surface area (Å²) in [6.45, 7) is 2.64. The second kappa shape index (κ2) is 7.42. The van der Waals surface area contributed by atoms with Crippen molar-refractivity contribution < 1.29 is 38.6 Å². The van der Waals surface area contributed by atoms with Crippen LogP contribution < -0.4 is 0 Å².